The van der Waals surface area contributed by atoms with E-state index >= 15 is 0 Å². The second kappa shape index (κ2) is 7.89. The van der Waals surface area contributed by atoms with E-state index in [9.17, 15) is 5.11 Å². The van der Waals surface area contributed by atoms with Gasteiger partial charge in [0.05, 0.1) is 24.7 Å². The molecule has 2 aromatic heterocycles. The third kappa shape index (κ3) is 4.25. The van der Waals surface area contributed by atoms with E-state index in [1.807, 2.05) is 29.7 Å². The molecule has 0 aliphatic rings. The fourth-order valence-electron chi connectivity index (χ4n) is 2.77. The average molecular weight is 385 g/mol. The summed E-state index contributed by atoms with van der Waals surface area (Å²) >= 11 is 0. The number of hydrogen-bond acceptors (Lipinski definition) is 8. The third-order valence-electron chi connectivity index (χ3n) is 4.31. The van der Waals surface area contributed by atoms with E-state index in [4.69, 9.17) is 10.5 Å². The highest BCUT2D eigenvalue weighted by molar-refractivity contribution is 5.84. The molecule has 0 bridgehead atoms. The van der Waals surface area contributed by atoms with E-state index in [1.54, 1.807) is 27.3 Å². The van der Waals surface area contributed by atoms with E-state index in [0.29, 0.717) is 41.8 Å². The van der Waals surface area contributed by atoms with Crippen molar-refractivity contribution >= 4 is 28.6 Å². The van der Waals surface area contributed by atoms with Gasteiger partial charge < -0.3 is 30.8 Å². The van der Waals surface area contributed by atoms with Gasteiger partial charge in [-0.3, -0.25) is 0 Å². The molecular formula is C19H27N7O2. The molecule has 0 atom stereocenters. The van der Waals surface area contributed by atoms with Crippen molar-refractivity contribution in [1.29, 1.82) is 0 Å². The molecular weight excluding hydrogens is 358 g/mol. The van der Waals surface area contributed by atoms with Gasteiger partial charge in [0.1, 0.15) is 5.75 Å². The van der Waals surface area contributed by atoms with Crippen LogP contribution in [0, 0.1) is 0 Å². The number of nitrogens with two attached hydrogens (primary N) is 1. The fourth-order valence-corrected chi connectivity index (χ4v) is 2.77. The number of aromatic nitrogens is 4. The van der Waals surface area contributed by atoms with Crippen molar-refractivity contribution < 1.29 is 9.84 Å². The summed E-state index contributed by atoms with van der Waals surface area (Å²) < 4.78 is 7.22. The highest BCUT2D eigenvalue weighted by atomic mass is 16.5. The van der Waals surface area contributed by atoms with Crippen LogP contribution in [-0.4, -0.2) is 43.9 Å². The van der Waals surface area contributed by atoms with Crippen LogP contribution in [0.5, 0.6) is 5.75 Å². The van der Waals surface area contributed by atoms with Crippen molar-refractivity contribution in [1.82, 2.24) is 19.5 Å². The van der Waals surface area contributed by atoms with E-state index in [2.05, 4.69) is 25.6 Å². The number of anilines is 3. The molecule has 1 aromatic carbocycles. The number of fused-ring (bicyclic) bond motifs is 1. The van der Waals surface area contributed by atoms with Gasteiger partial charge in [-0.2, -0.15) is 9.97 Å². The normalized spacial score (nSPS) is 11.6. The molecule has 0 spiro atoms. The molecule has 28 heavy (non-hydrogen) atoms. The third-order valence-corrected chi connectivity index (χ3v) is 4.31. The number of hydrogen-bond donors (Lipinski definition) is 4. The Morgan fingerprint density at radius 3 is 2.71 bits per heavy atom. The van der Waals surface area contributed by atoms with Crippen LogP contribution in [0.3, 0.4) is 0 Å². The Hall–Kier alpha value is -3.07. The van der Waals surface area contributed by atoms with Gasteiger partial charge in [-0.25, -0.2) is 4.98 Å². The second-order valence-electron chi connectivity index (χ2n) is 7.15. The number of aliphatic hydroxyl groups is 1. The first-order valence-corrected chi connectivity index (χ1v) is 9.16. The van der Waals surface area contributed by atoms with Gasteiger partial charge in [-0.15, -0.1) is 0 Å². The Balaban J connectivity index is 1.91. The number of rotatable bonds is 8. The molecule has 0 saturated carbocycles. The van der Waals surface area contributed by atoms with Gasteiger partial charge >= 0.3 is 0 Å². The summed E-state index contributed by atoms with van der Waals surface area (Å²) in [6.45, 7) is 6.98. The molecule has 0 unspecified atom stereocenters. The first-order chi connectivity index (χ1) is 13.3. The Kier molecular flexibility index (Phi) is 5.55. The summed E-state index contributed by atoms with van der Waals surface area (Å²) in [7, 11) is 1.59. The SMILES string of the molecule is CCn1cnc2c(NCc3cccc(OC)c3N)nc(NCC(C)(C)O)nc21. The Morgan fingerprint density at radius 2 is 2.04 bits per heavy atom. The predicted molar refractivity (Wildman–Crippen MR) is 111 cm³/mol. The average Bonchev–Trinajstić information content (AvgIpc) is 3.08. The lowest BCUT2D eigenvalue weighted by atomic mass is 10.1. The maximum Gasteiger partial charge on any atom is 0.226 e. The van der Waals surface area contributed by atoms with Crippen molar-refractivity contribution in [2.75, 3.05) is 30.0 Å². The lowest BCUT2D eigenvalue weighted by molar-refractivity contribution is 0.0943. The molecule has 9 heteroatoms. The highest BCUT2D eigenvalue weighted by Gasteiger charge is 2.16. The number of nitrogen functional groups attached to an aromatic ring is 1. The lowest BCUT2D eigenvalue weighted by Gasteiger charge is -2.18. The van der Waals surface area contributed by atoms with Crippen LogP contribution in [0.2, 0.25) is 0 Å². The number of ether oxygens (including phenoxy) is 1. The number of imidazole rings is 1. The predicted octanol–water partition coefficient (Wildman–Crippen LogP) is 2.23. The maximum atomic E-state index is 9.98. The molecule has 9 nitrogen and oxygen atoms in total. The van der Waals surface area contributed by atoms with E-state index in [0.717, 1.165) is 17.8 Å². The van der Waals surface area contributed by atoms with Crippen molar-refractivity contribution in [3.8, 4) is 5.75 Å². The number of aryl methyl sites for hydroxylation is 1. The van der Waals surface area contributed by atoms with Gasteiger partial charge in [-0.1, -0.05) is 12.1 Å². The molecule has 2 heterocycles. The zero-order chi connectivity index (χ0) is 20.3. The Morgan fingerprint density at radius 1 is 1.25 bits per heavy atom. The van der Waals surface area contributed by atoms with Crippen LogP contribution in [0.1, 0.15) is 26.3 Å². The summed E-state index contributed by atoms with van der Waals surface area (Å²) in [6, 6.07) is 5.65. The van der Waals surface area contributed by atoms with Crippen LogP contribution in [0.25, 0.3) is 11.2 Å². The standard InChI is InChI=1S/C19H27N7O2/c1-5-26-11-23-15-16(21-9-12-7-6-8-13(28-4)14(12)20)24-18(25-17(15)26)22-10-19(2,3)27/h6-8,11,27H,5,9-10,20H2,1-4H3,(H2,21,22,24,25). The van der Waals surface area contributed by atoms with Crippen LogP contribution >= 0.6 is 0 Å². The maximum absolute atomic E-state index is 9.98. The molecule has 0 saturated heterocycles. The number of nitrogens with zero attached hydrogens (tertiary/aromatic N) is 4. The Bertz CT molecular complexity index is 963. The first kappa shape index (κ1) is 19.7. The minimum atomic E-state index is -0.883. The summed E-state index contributed by atoms with van der Waals surface area (Å²) in [4.78, 5) is 13.5. The molecule has 0 radical (unpaired) electrons. The van der Waals surface area contributed by atoms with Crippen LogP contribution < -0.4 is 21.1 Å². The van der Waals surface area contributed by atoms with Crippen LogP contribution in [-0.2, 0) is 13.1 Å². The van der Waals surface area contributed by atoms with Gasteiger partial charge in [-0.05, 0) is 32.4 Å². The number of para-hydroxylation sites is 1. The molecule has 150 valence electrons. The minimum Gasteiger partial charge on any atom is -0.495 e. The van der Waals surface area contributed by atoms with Crippen molar-refractivity contribution in [3.05, 3.63) is 30.1 Å². The first-order valence-electron chi connectivity index (χ1n) is 9.16. The molecule has 0 aliphatic carbocycles. The molecule has 3 rings (SSSR count). The van der Waals surface area contributed by atoms with Crippen molar-refractivity contribution in [2.24, 2.45) is 0 Å². The minimum absolute atomic E-state index is 0.320. The molecule has 0 fully saturated rings. The van der Waals surface area contributed by atoms with Gasteiger partial charge in [0.15, 0.2) is 17.0 Å². The molecule has 0 aliphatic heterocycles. The van der Waals surface area contributed by atoms with Gasteiger partial charge in [0.25, 0.3) is 0 Å². The van der Waals surface area contributed by atoms with E-state index in [1.165, 1.54) is 0 Å². The van der Waals surface area contributed by atoms with Gasteiger partial charge in [0, 0.05) is 19.6 Å². The fraction of sp³-hybridized carbons (Fsp3) is 0.421. The van der Waals surface area contributed by atoms with E-state index < -0.39 is 5.60 Å². The summed E-state index contributed by atoms with van der Waals surface area (Å²) in [5, 5.41) is 16.4. The zero-order valence-corrected chi connectivity index (χ0v) is 16.7. The Labute approximate surface area is 164 Å². The summed E-state index contributed by atoms with van der Waals surface area (Å²) in [5.74, 6) is 1.65. The summed E-state index contributed by atoms with van der Waals surface area (Å²) in [5.41, 5.74) is 8.16. The van der Waals surface area contributed by atoms with Gasteiger partial charge in [0.2, 0.25) is 5.95 Å². The monoisotopic (exact) mass is 385 g/mol. The zero-order valence-electron chi connectivity index (χ0n) is 16.7. The number of methoxy groups -OCH3 is 1. The van der Waals surface area contributed by atoms with Crippen molar-refractivity contribution in [3.63, 3.8) is 0 Å². The number of nitrogens with one attached hydrogen (secondary N) is 2. The van der Waals surface area contributed by atoms with E-state index in [-0.39, 0.29) is 0 Å². The largest absolute Gasteiger partial charge is 0.495 e. The second-order valence-corrected chi connectivity index (χ2v) is 7.15. The smallest absolute Gasteiger partial charge is 0.226 e. The lowest BCUT2D eigenvalue weighted by Crippen LogP contribution is -2.30. The van der Waals surface area contributed by atoms with Crippen molar-refractivity contribution in [2.45, 2.75) is 39.5 Å². The molecule has 0 amide bonds. The quantitative estimate of drug-likeness (QED) is 0.435. The topological polar surface area (TPSA) is 123 Å². The number of benzene rings is 1. The molecule has 3 aromatic rings. The summed E-state index contributed by atoms with van der Waals surface area (Å²) in [6.07, 6.45) is 1.74. The van der Waals surface area contributed by atoms with Crippen LogP contribution in [0.4, 0.5) is 17.5 Å². The molecule has 5 N–H and O–H groups in total. The van der Waals surface area contributed by atoms with Crippen LogP contribution in [0.15, 0.2) is 24.5 Å². The highest BCUT2D eigenvalue weighted by Crippen LogP contribution is 2.27.